The van der Waals surface area contributed by atoms with Crippen LogP contribution in [0.15, 0.2) is 97.8 Å². The Bertz CT molecular complexity index is 2490. The highest BCUT2D eigenvalue weighted by molar-refractivity contribution is 6.32. The molecule has 12 nitrogen and oxygen atoms in total. The topological polar surface area (TPSA) is 134 Å². The normalized spacial score (nSPS) is 22.4. The number of nitrogens with zero attached hydrogens (tertiary/aromatic N) is 7. The maximum atomic E-state index is 11.8. The first-order valence-corrected chi connectivity index (χ1v) is 31.1. The van der Waals surface area contributed by atoms with Crippen molar-refractivity contribution in [1.82, 2.24) is 39.3 Å². The molecule has 11 rings (SSSR count). The number of hydrogen-bond acceptors (Lipinski definition) is 8. The standard InChI is InChI=1S/C19H29N.C18H25NO2.C14H18ClN3.C10H17N3.C3H6.C2H6.CH2O2/c1-15-13-20(16(2)17-9-5-3-6-10-17)14-19(15)18-11-7-4-8-12-18;20-18(21)17(15-9-5-2-6-10-15)19-12-11-16(13-19)14-7-3-1-4-8-14;1-10-7-14-13(8-12(10)15)16-9-18(14)11-3-5-17(2)6-4-11;1-8-7-10(12-11-8)9-3-5-13(2)6-4-9;1-3-2;1-2;2-1-3/h4,7-8,11-12,15-17,19H,3,5-6,9-10,13-14H2,1-2H3;1,3-4,7-8,15-17H,2,5-6,9-13H2,(H,20,21);7-9,11H,3-6H2,1-2H3;7,9H,3-6H2,1-2H3,(H,11,12);3H,1H2,2H3;1-2H3;1H,(H,2,3)/t;16?,17-;;;;;/m.1...../s1. The first-order valence-electron chi connectivity index (χ1n) is 30.7. The summed E-state index contributed by atoms with van der Waals surface area (Å²) in [6.07, 6.45) is 22.8. The van der Waals surface area contributed by atoms with Crippen molar-refractivity contribution in [2.45, 2.75) is 181 Å². The Hall–Kier alpha value is -4.85. The third kappa shape index (κ3) is 20.0. The van der Waals surface area contributed by atoms with Gasteiger partial charge in [-0.2, -0.15) is 5.10 Å². The third-order valence-electron chi connectivity index (χ3n) is 17.8. The van der Waals surface area contributed by atoms with Crippen LogP contribution in [0.3, 0.4) is 0 Å². The second-order valence-electron chi connectivity index (χ2n) is 23.5. The predicted octanol–water partition coefficient (Wildman–Crippen LogP) is 14.9. The van der Waals surface area contributed by atoms with Crippen LogP contribution in [0.4, 0.5) is 0 Å². The molecule has 0 spiro atoms. The molecule has 13 heteroatoms. The fourth-order valence-electron chi connectivity index (χ4n) is 13.2. The van der Waals surface area contributed by atoms with E-state index in [1.807, 2.05) is 46.2 Å². The lowest BCUT2D eigenvalue weighted by Gasteiger charge is -2.34. The first kappa shape index (κ1) is 66.0. The number of H-pyrrole nitrogens is 1. The number of nitrogens with one attached hydrogen (secondary N) is 1. The molecule has 0 radical (unpaired) electrons. The minimum atomic E-state index is -0.615. The number of carbonyl (C=O) groups is 2. The Morgan fingerprint density at radius 3 is 1.79 bits per heavy atom. The number of likely N-dealkylation sites (tertiary alicyclic amines) is 4. The highest BCUT2D eigenvalue weighted by atomic mass is 35.5. The molecular formula is C67H103ClN8O4. The molecule has 0 bridgehead atoms. The van der Waals surface area contributed by atoms with Crippen molar-refractivity contribution in [3.8, 4) is 0 Å². The van der Waals surface area contributed by atoms with E-state index in [2.05, 4.69) is 148 Å². The Morgan fingerprint density at radius 2 is 1.25 bits per heavy atom. The average Bonchev–Trinajstić information content (AvgIpc) is 4.36. The van der Waals surface area contributed by atoms with E-state index in [1.54, 1.807) is 11.6 Å². The minimum Gasteiger partial charge on any atom is -0.483 e. The molecule has 5 atom stereocenters. The molecule has 6 aliphatic rings. The molecule has 6 heterocycles. The number of imidazole rings is 1. The van der Waals surface area contributed by atoms with Crippen LogP contribution in [0.25, 0.3) is 11.0 Å². The fourth-order valence-corrected chi connectivity index (χ4v) is 13.4. The lowest BCUT2D eigenvalue weighted by molar-refractivity contribution is -0.145. The first-order chi connectivity index (χ1) is 38.7. The van der Waals surface area contributed by atoms with Gasteiger partial charge >= 0.3 is 5.97 Å². The zero-order valence-electron chi connectivity index (χ0n) is 50.6. The largest absolute Gasteiger partial charge is 0.483 e. The van der Waals surface area contributed by atoms with E-state index in [0.717, 1.165) is 85.3 Å². The lowest BCUT2D eigenvalue weighted by Crippen LogP contribution is -2.45. The van der Waals surface area contributed by atoms with Crippen molar-refractivity contribution >= 4 is 35.1 Å². The van der Waals surface area contributed by atoms with Crippen LogP contribution in [-0.2, 0) is 9.59 Å². The summed E-state index contributed by atoms with van der Waals surface area (Å²) in [5, 5.41) is 24.7. The number of aromatic amines is 1. The molecular weight excluding hydrogens is 1020 g/mol. The highest BCUT2D eigenvalue weighted by Gasteiger charge is 2.39. The fraction of sp³-hybridized carbons (Fsp3) is 0.612. The predicted molar refractivity (Wildman–Crippen MR) is 333 cm³/mol. The summed E-state index contributed by atoms with van der Waals surface area (Å²) in [4.78, 5) is 34.4. The molecule has 2 aliphatic carbocycles. The van der Waals surface area contributed by atoms with E-state index in [4.69, 9.17) is 21.5 Å². The molecule has 2 saturated carbocycles. The third-order valence-corrected chi connectivity index (χ3v) is 18.2. The molecule has 442 valence electrons. The van der Waals surface area contributed by atoms with Gasteiger partial charge in [0.15, 0.2) is 0 Å². The number of rotatable bonds is 9. The maximum absolute atomic E-state index is 11.8. The number of carboxylic acid groups (broad SMARTS) is 2. The Morgan fingerprint density at radius 1 is 0.725 bits per heavy atom. The number of aryl methyl sites for hydroxylation is 2. The molecule has 3 aromatic carbocycles. The van der Waals surface area contributed by atoms with Crippen LogP contribution >= 0.6 is 11.6 Å². The summed E-state index contributed by atoms with van der Waals surface area (Å²) < 4.78 is 2.33. The van der Waals surface area contributed by atoms with Crippen LogP contribution in [0.5, 0.6) is 0 Å². The second-order valence-corrected chi connectivity index (χ2v) is 23.9. The summed E-state index contributed by atoms with van der Waals surface area (Å²) >= 11 is 6.15. The molecule has 4 aliphatic heterocycles. The summed E-state index contributed by atoms with van der Waals surface area (Å²) in [7, 11) is 4.37. The van der Waals surface area contributed by atoms with Gasteiger partial charge < -0.3 is 24.6 Å². The van der Waals surface area contributed by atoms with E-state index in [0.29, 0.717) is 23.8 Å². The van der Waals surface area contributed by atoms with Gasteiger partial charge in [0.2, 0.25) is 0 Å². The number of fused-ring (bicyclic) bond motifs is 1. The van der Waals surface area contributed by atoms with Crippen molar-refractivity contribution in [2.75, 3.05) is 66.5 Å². The molecule has 0 amide bonds. The molecule has 6 fully saturated rings. The smallest absolute Gasteiger partial charge is 0.321 e. The van der Waals surface area contributed by atoms with Crippen LogP contribution < -0.4 is 0 Å². The average molecular weight is 1120 g/mol. The monoisotopic (exact) mass is 1120 g/mol. The summed E-state index contributed by atoms with van der Waals surface area (Å²) in [6, 6.07) is 29.1. The number of allylic oxidation sites excluding steroid dienone is 1. The Kier molecular flexibility index (Phi) is 29.0. The van der Waals surface area contributed by atoms with Gasteiger partial charge in [-0.25, -0.2) is 4.98 Å². The summed E-state index contributed by atoms with van der Waals surface area (Å²) in [6.45, 7) is 27.1. The zero-order chi connectivity index (χ0) is 58.0. The number of halogens is 1. The van der Waals surface area contributed by atoms with Gasteiger partial charge in [-0.3, -0.25) is 24.5 Å². The van der Waals surface area contributed by atoms with Gasteiger partial charge in [0.25, 0.3) is 6.47 Å². The molecule has 3 N–H and O–H groups in total. The van der Waals surface area contributed by atoms with Gasteiger partial charge in [-0.05, 0) is 191 Å². The van der Waals surface area contributed by atoms with Crippen LogP contribution in [0.2, 0.25) is 5.02 Å². The van der Waals surface area contributed by atoms with E-state index >= 15 is 0 Å². The van der Waals surface area contributed by atoms with Gasteiger partial charge in [-0.15, -0.1) is 6.58 Å². The molecule has 80 heavy (non-hydrogen) atoms. The number of aliphatic carboxylic acids is 1. The van der Waals surface area contributed by atoms with Crippen LogP contribution in [-0.4, -0.2) is 141 Å². The quantitative estimate of drug-likeness (QED) is 0.0967. The lowest BCUT2D eigenvalue weighted by atomic mass is 9.83. The Balaban J connectivity index is 0.000000189. The summed E-state index contributed by atoms with van der Waals surface area (Å²) in [5.74, 6) is 3.40. The Labute approximate surface area is 487 Å². The molecule has 4 saturated heterocycles. The number of hydrogen-bond donors (Lipinski definition) is 3. The van der Waals surface area contributed by atoms with E-state index < -0.39 is 5.97 Å². The van der Waals surface area contributed by atoms with Gasteiger partial charge in [0.05, 0.1) is 23.1 Å². The number of aromatic nitrogens is 4. The molecule has 5 aromatic rings. The van der Waals surface area contributed by atoms with E-state index in [1.165, 1.54) is 126 Å². The second kappa shape index (κ2) is 35.2. The van der Waals surface area contributed by atoms with E-state index in [9.17, 15) is 9.90 Å². The number of piperidine rings is 2. The van der Waals surface area contributed by atoms with Crippen molar-refractivity contribution in [3.63, 3.8) is 0 Å². The van der Waals surface area contributed by atoms with Gasteiger partial charge in [-0.1, -0.05) is 138 Å². The zero-order valence-corrected chi connectivity index (χ0v) is 51.4. The van der Waals surface area contributed by atoms with Gasteiger partial charge in [0, 0.05) is 54.3 Å². The van der Waals surface area contributed by atoms with Crippen molar-refractivity contribution in [2.24, 2.45) is 17.8 Å². The van der Waals surface area contributed by atoms with Crippen molar-refractivity contribution < 1.29 is 19.8 Å². The van der Waals surface area contributed by atoms with Crippen LogP contribution in [0.1, 0.15) is 183 Å². The minimum absolute atomic E-state index is 0.250. The van der Waals surface area contributed by atoms with Gasteiger partial charge in [0.1, 0.15) is 6.04 Å². The molecule has 2 aromatic heterocycles. The van der Waals surface area contributed by atoms with Crippen molar-refractivity contribution in [1.29, 1.82) is 0 Å². The highest BCUT2D eigenvalue weighted by Crippen LogP contribution is 2.38. The van der Waals surface area contributed by atoms with E-state index in [-0.39, 0.29) is 12.5 Å². The summed E-state index contributed by atoms with van der Waals surface area (Å²) in [5.41, 5.74) is 8.67. The SMILES string of the molecule is C=CC.CC.CC1CN(C(C)C2CCCCC2)CC1c1ccccc1.Cc1cc(C2CCN(C)CC2)n[nH]1.Cc1cc2c(cc1Cl)ncn2C1CCN(C)CC1.O=C(O)[C@@H](C1CCCCC1)N1CCC(c2ccccc2)C1.O=CO. The molecule has 4 unspecified atom stereocenters. The van der Waals surface area contributed by atoms with Crippen molar-refractivity contribution in [3.05, 3.63) is 131 Å². The van der Waals surface area contributed by atoms with Crippen LogP contribution in [0, 0.1) is 31.6 Å². The number of benzene rings is 3. The maximum Gasteiger partial charge on any atom is 0.321 e. The number of carboxylic acids is 1.